The largest absolute Gasteiger partial charge is 0.299 e. The molecule has 0 aromatic rings. The summed E-state index contributed by atoms with van der Waals surface area (Å²) in [6.45, 7) is 2.21. The summed E-state index contributed by atoms with van der Waals surface area (Å²) in [5, 5.41) is 0. The molecular weight excluding hydrogens is 148 g/mol. The molecule has 0 bridgehead atoms. The second-order valence-electron chi connectivity index (χ2n) is 2.17. The standard InChI is InChI=1S/C7H8O4/c1-4(9)7(5(2)10)6(11)3-8/h3,7H,1-2H3. The Balaban J connectivity index is 4.60. The first-order valence-electron chi connectivity index (χ1n) is 3.00. The van der Waals surface area contributed by atoms with Crippen molar-refractivity contribution >= 4 is 23.6 Å². The average molecular weight is 156 g/mol. The van der Waals surface area contributed by atoms with Gasteiger partial charge in [-0.3, -0.25) is 19.2 Å². The molecule has 0 N–H and O–H groups in total. The minimum Gasteiger partial charge on any atom is -0.299 e. The van der Waals surface area contributed by atoms with Crippen LogP contribution in [0.2, 0.25) is 0 Å². The number of hydrogen-bond acceptors (Lipinski definition) is 4. The molecule has 4 nitrogen and oxygen atoms in total. The average Bonchev–Trinajstić information content (AvgIpc) is 1.85. The van der Waals surface area contributed by atoms with Crippen molar-refractivity contribution in [1.82, 2.24) is 0 Å². The highest BCUT2D eigenvalue weighted by molar-refractivity contribution is 6.37. The van der Waals surface area contributed by atoms with Crippen molar-refractivity contribution in [2.45, 2.75) is 13.8 Å². The quantitative estimate of drug-likeness (QED) is 0.314. The van der Waals surface area contributed by atoms with Crippen LogP contribution in [0.1, 0.15) is 13.8 Å². The van der Waals surface area contributed by atoms with Crippen molar-refractivity contribution < 1.29 is 19.2 Å². The predicted molar refractivity (Wildman–Crippen MR) is 35.9 cm³/mol. The minimum absolute atomic E-state index is 0.00648. The van der Waals surface area contributed by atoms with Crippen LogP contribution in [-0.2, 0) is 19.2 Å². The summed E-state index contributed by atoms with van der Waals surface area (Å²) in [5.41, 5.74) is 0. The Morgan fingerprint density at radius 1 is 1.09 bits per heavy atom. The van der Waals surface area contributed by atoms with Crippen LogP contribution in [0, 0.1) is 5.92 Å². The number of hydrogen-bond donors (Lipinski definition) is 0. The Morgan fingerprint density at radius 2 is 1.45 bits per heavy atom. The Bertz CT molecular complexity index is 202. The van der Waals surface area contributed by atoms with Crippen LogP contribution >= 0.6 is 0 Å². The number of ketones is 3. The smallest absolute Gasteiger partial charge is 0.213 e. The molecule has 0 atom stereocenters. The fourth-order valence-electron chi connectivity index (χ4n) is 0.755. The summed E-state index contributed by atoms with van der Waals surface area (Å²) in [7, 11) is 0. The van der Waals surface area contributed by atoms with Crippen molar-refractivity contribution in [3.8, 4) is 0 Å². The predicted octanol–water partition coefficient (Wildman–Crippen LogP) is -0.451. The third kappa shape index (κ3) is 2.41. The normalized spacial score (nSPS) is 9.36. The van der Waals surface area contributed by atoms with E-state index in [1.54, 1.807) is 0 Å². The second kappa shape index (κ2) is 3.75. The number of aldehydes is 1. The first-order valence-corrected chi connectivity index (χ1v) is 3.00. The molecule has 0 aromatic carbocycles. The van der Waals surface area contributed by atoms with Gasteiger partial charge in [0.1, 0.15) is 17.5 Å². The molecule has 0 saturated heterocycles. The Hall–Kier alpha value is -1.32. The van der Waals surface area contributed by atoms with Gasteiger partial charge in [0.25, 0.3) is 0 Å². The lowest BCUT2D eigenvalue weighted by Crippen LogP contribution is -2.29. The molecular formula is C7H8O4. The molecule has 0 aromatic heterocycles. The van der Waals surface area contributed by atoms with E-state index in [1.807, 2.05) is 0 Å². The molecule has 0 radical (unpaired) electrons. The van der Waals surface area contributed by atoms with Gasteiger partial charge in [0, 0.05) is 0 Å². The Labute approximate surface area is 63.6 Å². The van der Waals surface area contributed by atoms with Gasteiger partial charge in [-0.05, 0) is 13.8 Å². The van der Waals surface area contributed by atoms with Crippen LogP contribution in [0.15, 0.2) is 0 Å². The van der Waals surface area contributed by atoms with E-state index in [2.05, 4.69) is 0 Å². The molecule has 60 valence electrons. The van der Waals surface area contributed by atoms with Gasteiger partial charge in [-0.2, -0.15) is 0 Å². The molecule has 0 fully saturated rings. The van der Waals surface area contributed by atoms with Gasteiger partial charge in [0.15, 0.2) is 6.29 Å². The summed E-state index contributed by atoms with van der Waals surface area (Å²) < 4.78 is 0. The SMILES string of the molecule is CC(=O)C(C(C)=O)C(=O)C=O. The molecule has 0 amide bonds. The number of carbonyl (C=O) groups excluding carboxylic acids is 4. The van der Waals surface area contributed by atoms with Gasteiger partial charge in [0.05, 0.1) is 0 Å². The van der Waals surface area contributed by atoms with Crippen molar-refractivity contribution in [1.29, 1.82) is 0 Å². The van der Waals surface area contributed by atoms with Gasteiger partial charge >= 0.3 is 0 Å². The van der Waals surface area contributed by atoms with E-state index >= 15 is 0 Å². The zero-order valence-corrected chi connectivity index (χ0v) is 6.29. The molecule has 0 rings (SSSR count). The summed E-state index contributed by atoms with van der Waals surface area (Å²) in [5.74, 6) is -3.53. The Morgan fingerprint density at radius 3 is 1.55 bits per heavy atom. The maximum atomic E-state index is 10.6. The van der Waals surface area contributed by atoms with Gasteiger partial charge in [0.2, 0.25) is 5.78 Å². The topological polar surface area (TPSA) is 68.3 Å². The molecule has 0 unspecified atom stereocenters. The fraction of sp³-hybridized carbons (Fsp3) is 0.429. The fourth-order valence-corrected chi connectivity index (χ4v) is 0.755. The highest BCUT2D eigenvalue weighted by Gasteiger charge is 2.26. The monoisotopic (exact) mass is 156 g/mol. The third-order valence-corrected chi connectivity index (χ3v) is 1.21. The number of Topliss-reactive ketones (excluding diaryl/α,β-unsaturated/α-hetero) is 3. The van der Waals surface area contributed by atoms with Crippen LogP contribution in [0.25, 0.3) is 0 Å². The molecule has 0 aliphatic heterocycles. The van der Waals surface area contributed by atoms with E-state index < -0.39 is 23.3 Å². The van der Waals surface area contributed by atoms with Gasteiger partial charge in [-0.25, -0.2) is 0 Å². The summed E-state index contributed by atoms with van der Waals surface area (Å²) in [6, 6.07) is 0. The van der Waals surface area contributed by atoms with Crippen molar-refractivity contribution in [2.75, 3.05) is 0 Å². The number of carbonyl (C=O) groups is 4. The minimum atomic E-state index is -1.38. The van der Waals surface area contributed by atoms with Gasteiger partial charge < -0.3 is 0 Å². The van der Waals surface area contributed by atoms with E-state index in [0.29, 0.717) is 0 Å². The van der Waals surface area contributed by atoms with Crippen LogP contribution in [0.5, 0.6) is 0 Å². The van der Waals surface area contributed by atoms with E-state index in [4.69, 9.17) is 0 Å². The molecule has 0 heterocycles. The zero-order valence-electron chi connectivity index (χ0n) is 6.29. The summed E-state index contributed by atoms with van der Waals surface area (Å²) in [4.78, 5) is 41.7. The van der Waals surface area contributed by atoms with Crippen LogP contribution in [0.4, 0.5) is 0 Å². The summed E-state index contributed by atoms with van der Waals surface area (Å²) in [6.07, 6.45) is -0.00648. The molecule has 0 spiro atoms. The summed E-state index contributed by atoms with van der Waals surface area (Å²) >= 11 is 0. The van der Waals surface area contributed by atoms with E-state index in [-0.39, 0.29) is 6.29 Å². The maximum Gasteiger partial charge on any atom is 0.213 e. The van der Waals surface area contributed by atoms with Crippen molar-refractivity contribution in [3.05, 3.63) is 0 Å². The number of rotatable bonds is 4. The van der Waals surface area contributed by atoms with E-state index in [9.17, 15) is 19.2 Å². The van der Waals surface area contributed by atoms with E-state index in [1.165, 1.54) is 0 Å². The molecule has 11 heavy (non-hydrogen) atoms. The second-order valence-corrected chi connectivity index (χ2v) is 2.17. The molecule has 4 heteroatoms. The van der Waals surface area contributed by atoms with Gasteiger partial charge in [-0.1, -0.05) is 0 Å². The lowest BCUT2D eigenvalue weighted by Gasteiger charge is -2.02. The van der Waals surface area contributed by atoms with Crippen molar-refractivity contribution in [3.63, 3.8) is 0 Å². The zero-order chi connectivity index (χ0) is 9.02. The molecule has 0 aliphatic carbocycles. The highest BCUT2D eigenvalue weighted by atomic mass is 16.2. The highest BCUT2D eigenvalue weighted by Crippen LogP contribution is 1.99. The van der Waals surface area contributed by atoms with Crippen LogP contribution in [0.3, 0.4) is 0 Å². The van der Waals surface area contributed by atoms with Crippen molar-refractivity contribution in [2.24, 2.45) is 5.92 Å². The van der Waals surface area contributed by atoms with E-state index in [0.717, 1.165) is 13.8 Å². The maximum absolute atomic E-state index is 10.6. The van der Waals surface area contributed by atoms with Crippen LogP contribution in [-0.4, -0.2) is 23.6 Å². The lowest BCUT2D eigenvalue weighted by molar-refractivity contribution is -0.141. The van der Waals surface area contributed by atoms with Crippen LogP contribution < -0.4 is 0 Å². The molecule has 0 aliphatic rings. The first kappa shape index (κ1) is 9.68. The first-order chi connectivity index (χ1) is 5.00. The third-order valence-electron chi connectivity index (χ3n) is 1.21. The molecule has 0 saturated carbocycles. The van der Waals surface area contributed by atoms with Gasteiger partial charge in [-0.15, -0.1) is 0 Å². The Kier molecular flexibility index (Phi) is 3.30. The lowest BCUT2D eigenvalue weighted by atomic mass is 9.97.